The summed E-state index contributed by atoms with van der Waals surface area (Å²) in [6.07, 6.45) is 4.60. The van der Waals surface area contributed by atoms with E-state index in [2.05, 4.69) is 15.2 Å². The molecule has 1 amide bonds. The summed E-state index contributed by atoms with van der Waals surface area (Å²) < 4.78 is 13.9. The van der Waals surface area contributed by atoms with Gasteiger partial charge in [-0.2, -0.15) is 0 Å². The zero-order valence-corrected chi connectivity index (χ0v) is 20.8. The van der Waals surface area contributed by atoms with Crippen LogP contribution in [0.1, 0.15) is 39.9 Å². The van der Waals surface area contributed by atoms with E-state index in [0.29, 0.717) is 29.4 Å². The molecule has 0 saturated carbocycles. The van der Waals surface area contributed by atoms with Crippen molar-refractivity contribution < 1.29 is 14.3 Å². The van der Waals surface area contributed by atoms with E-state index < -0.39 is 0 Å². The Kier molecular flexibility index (Phi) is 7.51. The first kappa shape index (κ1) is 24.7. The molecule has 36 heavy (non-hydrogen) atoms. The maximum atomic E-state index is 14.1. The second kappa shape index (κ2) is 10.9. The van der Waals surface area contributed by atoms with Crippen LogP contribution >= 0.6 is 11.6 Å². The van der Waals surface area contributed by atoms with Gasteiger partial charge in [0.15, 0.2) is 0 Å². The summed E-state index contributed by atoms with van der Waals surface area (Å²) in [4.78, 5) is 22.8. The van der Waals surface area contributed by atoms with Crippen molar-refractivity contribution in [3.8, 4) is 0 Å². The van der Waals surface area contributed by atoms with Gasteiger partial charge in [-0.1, -0.05) is 17.7 Å². The summed E-state index contributed by atoms with van der Waals surface area (Å²) >= 11 is 6.06. The summed E-state index contributed by atoms with van der Waals surface area (Å²) in [5, 5.41) is 13.0. The number of aromatic nitrogens is 1. The van der Waals surface area contributed by atoms with Gasteiger partial charge >= 0.3 is 0 Å². The molecule has 0 aliphatic carbocycles. The largest absolute Gasteiger partial charge is 0.395 e. The van der Waals surface area contributed by atoms with Crippen molar-refractivity contribution in [2.24, 2.45) is 0 Å². The first-order chi connectivity index (χ1) is 17.5. The highest BCUT2D eigenvalue weighted by atomic mass is 35.5. The molecule has 2 aromatic carbocycles. The number of hydrogen-bond donors (Lipinski definition) is 2. The molecule has 3 aromatic rings. The van der Waals surface area contributed by atoms with E-state index in [1.807, 2.05) is 35.2 Å². The highest BCUT2D eigenvalue weighted by molar-refractivity contribution is 6.30. The number of aliphatic hydroxyl groups is 1. The average molecular weight is 509 g/mol. The third kappa shape index (κ3) is 5.38. The fourth-order valence-electron chi connectivity index (χ4n) is 5.32. The van der Waals surface area contributed by atoms with E-state index >= 15 is 0 Å². The molecule has 1 aromatic heterocycles. The lowest BCUT2D eigenvalue weighted by atomic mass is 9.98. The van der Waals surface area contributed by atoms with Gasteiger partial charge < -0.3 is 15.3 Å². The smallest absolute Gasteiger partial charge is 0.260 e. The first-order valence-corrected chi connectivity index (χ1v) is 12.8. The molecule has 0 atom stereocenters. The Labute approximate surface area is 215 Å². The highest BCUT2D eigenvalue weighted by Gasteiger charge is 2.32. The Morgan fingerprint density at radius 3 is 2.78 bits per heavy atom. The minimum atomic E-state index is -0.371. The van der Waals surface area contributed by atoms with Crippen LogP contribution in [0.5, 0.6) is 0 Å². The maximum absolute atomic E-state index is 14.1. The number of amides is 1. The number of nitrogens with zero attached hydrogens (tertiary/aromatic N) is 3. The van der Waals surface area contributed by atoms with Crippen molar-refractivity contribution in [1.82, 2.24) is 9.88 Å². The van der Waals surface area contributed by atoms with Gasteiger partial charge in [-0.05, 0) is 84.8 Å². The maximum Gasteiger partial charge on any atom is 0.260 e. The van der Waals surface area contributed by atoms with Gasteiger partial charge in [-0.15, -0.1) is 0 Å². The topological polar surface area (TPSA) is 68.7 Å². The van der Waals surface area contributed by atoms with E-state index in [1.54, 1.807) is 12.3 Å². The molecular formula is C28H30ClFN4O2. The third-order valence-electron chi connectivity index (χ3n) is 7.04. The number of carbonyl (C=O) groups is 1. The van der Waals surface area contributed by atoms with Crippen LogP contribution in [-0.4, -0.2) is 59.7 Å². The van der Waals surface area contributed by atoms with Crippen LogP contribution in [0.2, 0.25) is 5.02 Å². The van der Waals surface area contributed by atoms with Crippen LogP contribution in [0.25, 0.3) is 0 Å². The molecule has 1 fully saturated rings. The first-order valence-electron chi connectivity index (χ1n) is 12.4. The van der Waals surface area contributed by atoms with Gasteiger partial charge in [0.2, 0.25) is 0 Å². The molecule has 5 rings (SSSR count). The zero-order chi connectivity index (χ0) is 25.1. The fourth-order valence-corrected chi connectivity index (χ4v) is 5.57. The summed E-state index contributed by atoms with van der Waals surface area (Å²) in [6, 6.07) is 14.2. The van der Waals surface area contributed by atoms with Gasteiger partial charge in [0.1, 0.15) is 11.6 Å². The number of benzene rings is 2. The Morgan fingerprint density at radius 1 is 1.17 bits per heavy atom. The number of fused-ring (bicyclic) bond motifs is 1. The molecular weight excluding hydrogens is 479 g/mol. The van der Waals surface area contributed by atoms with Crippen LogP contribution in [0, 0.1) is 5.82 Å². The SMILES string of the molecule is O=C(c1cccc2c1CCN2)N(c1cc(Cc2cc(F)cc(Cl)c2)ccn1)C1CCN(CCO)CC1. The van der Waals surface area contributed by atoms with Crippen molar-refractivity contribution in [3.63, 3.8) is 0 Å². The molecule has 6 nitrogen and oxygen atoms in total. The number of anilines is 2. The van der Waals surface area contributed by atoms with Gasteiger partial charge in [0.05, 0.1) is 6.61 Å². The van der Waals surface area contributed by atoms with Crippen LogP contribution in [0.3, 0.4) is 0 Å². The van der Waals surface area contributed by atoms with Crippen molar-refractivity contribution in [2.45, 2.75) is 31.7 Å². The predicted molar refractivity (Wildman–Crippen MR) is 140 cm³/mol. The lowest BCUT2D eigenvalue weighted by molar-refractivity contribution is 0.0952. The Bertz CT molecular complexity index is 1230. The summed E-state index contributed by atoms with van der Waals surface area (Å²) in [6.45, 7) is 3.21. The number of pyridine rings is 1. The van der Waals surface area contributed by atoms with E-state index in [9.17, 15) is 14.3 Å². The zero-order valence-electron chi connectivity index (χ0n) is 20.1. The van der Waals surface area contributed by atoms with Gasteiger partial charge in [-0.3, -0.25) is 9.69 Å². The molecule has 2 N–H and O–H groups in total. The second-order valence-corrected chi connectivity index (χ2v) is 9.89. The number of aliphatic hydroxyl groups excluding tert-OH is 1. The Morgan fingerprint density at radius 2 is 2.00 bits per heavy atom. The minimum Gasteiger partial charge on any atom is -0.395 e. The van der Waals surface area contributed by atoms with Crippen molar-refractivity contribution in [2.75, 3.05) is 43.0 Å². The average Bonchev–Trinajstić information content (AvgIpc) is 3.34. The molecule has 3 heterocycles. The molecule has 0 unspecified atom stereocenters. The van der Waals surface area contributed by atoms with Gasteiger partial charge in [0.25, 0.3) is 5.91 Å². The number of piperidine rings is 1. The summed E-state index contributed by atoms with van der Waals surface area (Å²) in [5.41, 5.74) is 4.47. The third-order valence-corrected chi connectivity index (χ3v) is 7.26. The van der Waals surface area contributed by atoms with Crippen molar-refractivity contribution in [3.05, 3.63) is 87.8 Å². The molecule has 0 bridgehead atoms. The summed E-state index contributed by atoms with van der Waals surface area (Å²) in [7, 11) is 0. The lowest BCUT2D eigenvalue weighted by Crippen LogP contribution is -2.48. The van der Waals surface area contributed by atoms with E-state index in [1.165, 1.54) is 12.1 Å². The Balaban J connectivity index is 1.47. The van der Waals surface area contributed by atoms with Crippen LogP contribution < -0.4 is 10.2 Å². The predicted octanol–water partition coefficient (Wildman–Crippen LogP) is 4.54. The molecule has 188 valence electrons. The number of rotatable bonds is 7. The van der Waals surface area contributed by atoms with Gasteiger partial charge in [-0.25, -0.2) is 9.37 Å². The quantitative estimate of drug-likeness (QED) is 0.490. The normalized spacial score (nSPS) is 16.0. The van der Waals surface area contributed by atoms with Gasteiger partial charge in [0, 0.05) is 54.7 Å². The number of hydrogen-bond acceptors (Lipinski definition) is 5. The molecule has 2 aliphatic heterocycles. The molecule has 1 saturated heterocycles. The second-order valence-electron chi connectivity index (χ2n) is 9.46. The summed E-state index contributed by atoms with van der Waals surface area (Å²) in [5.74, 6) is 0.184. The van der Waals surface area contributed by atoms with E-state index in [0.717, 1.165) is 61.3 Å². The van der Waals surface area contributed by atoms with Crippen LogP contribution in [0.15, 0.2) is 54.7 Å². The minimum absolute atomic E-state index is 0.0102. The number of carbonyl (C=O) groups excluding carboxylic acids is 1. The molecule has 0 radical (unpaired) electrons. The molecule has 2 aliphatic rings. The fraction of sp³-hybridized carbons (Fsp3) is 0.357. The highest BCUT2D eigenvalue weighted by Crippen LogP contribution is 2.31. The van der Waals surface area contributed by atoms with Crippen molar-refractivity contribution in [1.29, 1.82) is 0 Å². The Hall–Kier alpha value is -3.00. The standard InChI is InChI=1S/C28H30ClFN4O2/c29-21-15-20(16-22(30)18-21)14-19-4-8-32-27(17-19)34(23-6-10-33(11-7-23)12-13-35)28(36)25-2-1-3-26-24(25)5-9-31-26/h1-4,8,15-18,23,31,35H,5-7,9-14H2. The number of likely N-dealkylation sites (tertiary alicyclic amines) is 1. The molecule has 0 spiro atoms. The lowest BCUT2D eigenvalue weighted by Gasteiger charge is -2.38. The van der Waals surface area contributed by atoms with Crippen LogP contribution in [0.4, 0.5) is 15.9 Å². The monoisotopic (exact) mass is 508 g/mol. The van der Waals surface area contributed by atoms with Crippen molar-refractivity contribution >= 4 is 29.0 Å². The van der Waals surface area contributed by atoms with E-state index in [-0.39, 0.29) is 24.4 Å². The van der Waals surface area contributed by atoms with E-state index in [4.69, 9.17) is 11.6 Å². The number of halogens is 2. The number of nitrogens with one attached hydrogen (secondary N) is 1. The molecule has 8 heteroatoms. The van der Waals surface area contributed by atoms with Crippen LogP contribution in [-0.2, 0) is 12.8 Å². The number of β-amino-alcohol motifs (C(OH)–C–C–N with tert-alkyl or cyclic N) is 1.